The highest BCUT2D eigenvalue weighted by Gasteiger charge is 2.15. The Labute approximate surface area is 213 Å². The topological polar surface area (TPSA) is 64.3 Å². The molecule has 2 N–H and O–H groups in total. The van der Waals surface area contributed by atoms with Crippen molar-refractivity contribution in [2.45, 2.75) is 41.2 Å². The fraction of sp³-hybridized carbons (Fsp3) is 0.310. The molecular formula is C29H36N4OS. The molecule has 0 saturated carbocycles. The highest BCUT2D eigenvalue weighted by molar-refractivity contribution is 7.19. The lowest BCUT2D eigenvalue weighted by atomic mass is 10.0. The normalized spacial score (nSPS) is 10.7. The second-order valence-electron chi connectivity index (χ2n) is 8.38. The van der Waals surface area contributed by atoms with Crippen LogP contribution in [0.25, 0.3) is 21.7 Å². The molecule has 35 heavy (non-hydrogen) atoms. The molecule has 0 amide bonds. The zero-order valence-corrected chi connectivity index (χ0v) is 22.2. The molecule has 0 bridgehead atoms. The lowest BCUT2D eigenvalue weighted by molar-refractivity contribution is 0.294. The molecule has 0 unspecified atom stereocenters. The van der Waals surface area contributed by atoms with E-state index in [0.717, 1.165) is 27.3 Å². The first kappa shape index (κ1) is 26.4. The van der Waals surface area contributed by atoms with Gasteiger partial charge in [-0.15, -0.1) is 0 Å². The van der Waals surface area contributed by atoms with Gasteiger partial charge in [0.1, 0.15) is 6.61 Å². The third kappa shape index (κ3) is 7.64. The summed E-state index contributed by atoms with van der Waals surface area (Å²) in [7, 11) is 0. The van der Waals surface area contributed by atoms with Crippen molar-refractivity contribution < 1.29 is 4.74 Å². The van der Waals surface area contributed by atoms with E-state index in [1.807, 2.05) is 42.5 Å². The first-order valence-electron chi connectivity index (χ1n) is 12.1. The van der Waals surface area contributed by atoms with Crippen molar-refractivity contribution in [2.24, 2.45) is 0 Å². The molecule has 0 atom stereocenters. The third-order valence-electron chi connectivity index (χ3n) is 5.71. The Hall–Kier alpha value is -3.22. The standard InChI is InChI=1S/C23H21N3OS.C6H15N/c1-15-10-16(2)12-19(11-15)21-22(28-23(24)26-21)18-8-9-25-20(13-18)27-14-17-6-4-3-5-7-17;1-4-7(5-2)6-3/h3-13H,14H2,1-2H3,(H2,24,26);4-6H2,1-3H3. The van der Waals surface area contributed by atoms with E-state index >= 15 is 0 Å². The SMILES string of the molecule is CCN(CC)CC.Cc1cc(C)cc(-c2nc(N)sc2-c2ccnc(OCc3ccccc3)c2)c1. The fourth-order valence-electron chi connectivity index (χ4n) is 3.87. The minimum absolute atomic E-state index is 0.478. The molecule has 6 heteroatoms. The quantitative estimate of drug-likeness (QED) is 0.289. The molecular weight excluding hydrogens is 452 g/mol. The Morgan fingerprint density at radius 3 is 2.11 bits per heavy atom. The van der Waals surface area contributed by atoms with Crippen molar-refractivity contribution in [3.8, 4) is 27.6 Å². The monoisotopic (exact) mass is 488 g/mol. The van der Waals surface area contributed by atoms with E-state index in [0.29, 0.717) is 17.6 Å². The summed E-state index contributed by atoms with van der Waals surface area (Å²) >= 11 is 1.48. The number of thiazole rings is 1. The molecule has 0 fully saturated rings. The molecule has 0 aliphatic carbocycles. The molecule has 4 rings (SSSR count). The number of nitrogens with zero attached hydrogens (tertiary/aromatic N) is 3. The number of nitrogens with two attached hydrogens (primary N) is 1. The van der Waals surface area contributed by atoms with Crippen molar-refractivity contribution in [3.63, 3.8) is 0 Å². The molecule has 0 aliphatic rings. The summed E-state index contributed by atoms with van der Waals surface area (Å²) in [6.07, 6.45) is 1.76. The average molecular weight is 489 g/mol. The van der Waals surface area contributed by atoms with Crippen LogP contribution in [-0.2, 0) is 6.61 Å². The predicted octanol–water partition coefficient (Wildman–Crippen LogP) is 7.00. The van der Waals surface area contributed by atoms with E-state index < -0.39 is 0 Å². The summed E-state index contributed by atoms with van der Waals surface area (Å²) in [5.74, 6) is 0.583. The summed E-state index contributed by atoms with van der Waals surface area (Å²) < 4.78 is 5.89. The van der Waals surface area contributed by atoms with Crippen molar-refractivity contribution in [1.82, 2.24) is 14.9 Å². The minimum Gasteiger partial charge on any atom is -0.473 e. The Kier molecular flexibility index (Phi) is 9.82. The van der Waals surface area contributed by atoms with Crippen LogP contribution in [0.15, 0.2) is 66.9 Å². The van der Waals surface area contributed by atoms with E-state index in [-0.39, 0.29) is 0 Å². The van der Waals surface area contributed by atoms with Crippen LogP contribution in [0.3, 0.4) is 0 Å². The van der Waals surface area contributed by atoms with Gasteiger partial charge in [-0.3, -0.25) is 0 Å². The van der Waals surface area contributed by atoms with Crippen LogP contribution in [0.2, 0.25) is 0 Å². The van der Waals surface area contributed by atoms with E-state index in [1.54, 1.807) is 6.20 Å². The number of anilines is 1. The van der Waals surface area contributed by atoms with Gasteiger partial charge >= 0.3 is 0 Å². The van der Waals surface area contributed by atoms with E-state index in [2.05, 4.69) is 67.7 Å². The van der Waals surface area contributed by atoms with Gasteiger partial charge in [0.25, 0.3) is 0 Å². The van der Waals surface area contributed by atoms with Gasteiger partial charge in [0.2, 0.25) is 5.88 Å². The van der Waals surface area contributed by atoms with Gasteiger partial charge in [0.05, 0.1) is 10.6 Å². The predicted molar refractivity (Wildman–Crippen MR) is 149 cm³/mol. The first-order valence-corrected chi connectivity index (χ1v) is 13.0. The fourth-order valence-corrected chi connectivity index (χ4v) is 4.72. The van der Waals surface area contributed by atoms with E-state index in [1.165, 1.54) is 42.1 Å². The third-order valence-corrected chi connectivity index (χ3v) is 6.64. The summed E-state index contributed by atoms with van der Waals surface area (Å²) in [4.78, 5) is 12.3. The zero-order valence-electron chi connectivity index (χ0n) is 21.4. The van der Waals surface area contributed by atoms with Crippen molar-refractivity contribution in [1.29, 1.82) is 0 Å². The lowest BCUT2D eigenvalue weighted by Crippen LogP contribution is -2.21. The summed E-state index contributed by atoms with van der Waals surface area (Å²) in [5.41, 5.74) is 12.5. The largest absolute Gasteiger partial charge is 0.473 e. The molecule has 0 aliphatic heterocycles. The number of aryl methyl sites for hydroxylation is 2. The van der Waals surface area contributed by atoms with Gasteiger partial charge in [-0.2, -0.15) is 0 Å². The smallest absolute Gasteiger partial charge is 0.214 e. The highest BCUT2D eigenvalue weighted by atomic mass is 32.1. The van der Waals surface area contributed by atoms with Gasteiger partial charge in [0, 0.05) is 23.4 Å². The minimum atomic E-state index is 0.478. The second kappa shape index (κ2) is 13.0. The molecule has 0 radical (unpaired) electrons. The Balaban J connectivity index is 0.000000429. The van der Waals surface area contributed by atoms with Crippen LogP contribution in [0.1, 0.15) is 37.5 Å². The summed E-state index contributed by atoms with van der Waals surface area (Å²) in [5, 5.41) is 0.549. The van der Waals surface area contributed by atoms with Gasteiger partial charge in [-0.05, 0) is 57.2 Å². The Bertz CT molecular complexity index is 1180. The maximum atomic E-state index is 6.06. The first-order chi connectivity index (χ1) is 16.9. The number of hydrogen-bond acceptors (Lipinski definition) is 6. The van der Waals surface area contributed by atoms with Crippen LogP contribution in [0.5, 0.6) is 5.88 Å². The Morgan fingerprint density at radius 2 is 1.51 bits per heavy atom. The molecule has 4 aromatic rings. The van der Waals surface area contributed by atoms with Crippen LogP contribution in [0.4, 0.5) is 5.13 Å². The van der Waals surface area contributed by atoms with Crippen molar-refractivity contribution >= 4 is 16.5 Å². The number of nitrogen functional groups attached to an aromatic ring is 1. The van der Waals surface area contributed by atoms with Crippen LogP contribution < -0.4 is 10.5 Å². The molecule has 184 valence electrons. The van der Waals surface area contributed by atoms with E-state index in [9.17, 15) is 0 Å². The van der Waals surface area contributed by atoms with Crippen LogP contribution in [-0.4, -0.2) is 34.5 Å². The van der Waals surface area contributed by atoms with E-state index in [4.69, 9.17) is 10.5 Å². The summed E-state index contributed by atoms with van der Waals surface area (Å²) in [6, 6.07) is 20.4. The van der Waals surface area contributed by atoms with Crippen molar-refractivity contribution in [3.05, 3.63) is 83.6 Å². The highest BCUT2D eigenvalue weighted by Crippen LogP contribution is 2.39. The Morgan fingerprint density at radius 1 is 0.857 bits per heavy atom. The molecule has 2 aromatic heterocycles. The maximum Gasteiger partial charge on any atom is 0.214 e. The molecule has 2 aromatic carbocycles. The lowest BCUT2D eigenvalue weighted by Gasteiger charge is -2.13. The van der Waals surface area contributed by atoms with Gasteiger partial charge in [-0.1, -0.05) is 79.6 Å². The average Bonchev–Trinajstić information content (AvgIpc) is 3.26. The second-order valence-corrected chi connectivity index (χ2v) is 9.41. The van der Waals surface area contributed by atoms with Gasteiger partial charge in [0.15, 0.2) is 5.13 Å². The molecule has 2 heterocycles. The summed E-state index contributed by atoms with van der Waals surface area (Å²) in [6.45, 7) is 14.8. The van der Waals surface area contributed by atoms with Gasteiger partial charge < -0.3 is 15.4 Å². The number of aromatic nitrogens is 2. The number of benzene rings is 2. The number of hydrogen-bond donors (Lipinski definition) is 1. The maximum absolute atomic E-state index is 6.06. The van der Waals surface area contributed by atoms with Crippen LogP contribution in [0, 0.1) is 13.8 Å². The molecule has 0 saturated heterocycles. The van der Waals surface area contributed by atoms with Crippen LogP contribution >= 0.6 is 11.3 Å². The van der Waals surface area contributed by atoms with Crippen molar-refractivity contribution in [2.75, 3.05) is 25.4 Å². The molecule has 0 spiro atoms. The number of pyridine rings is 1. The van der Waals surface area contributed by atoms with Gasteiger partial charge in [-0.25, -0.2) is 9.97 Å². The zero-order chi connectivity index (χ0) is 25.2. The number of rotatable bonds is 8. The molecule has 5 nitrogen and oxygen atoms in total. The number of ether oxygens (including phenoxy) is 1.